The molecule has 2 aliphatic rings. The number of aryl methyl sites for hydroxylation is 1. The Bertz CT molecular complexity index is 1280. The first kappa shape index (κ1) is 26.1. The molecule has 1 aliphatic heterocycles. The number of aromatic nitrogens is 1. The highest BCUT2D eigenvalue weighted by molar-refractivity contribution is 7.13. The molecule has 1 saturated heterocycles. The van der Waals surface area contributed by atoms with Gasteiger partial charge in [-0.1, -0.05) is 48.5 Å². The molecule has 1 N–H and O–H groups in total. The van der Waals surface area contributed by atoms with Gasteiger partial charge < -0.3 is 15.1 Å². The normalized spacial score (nSPS) is 15.8. The molecular weight excluding hydrogens is 496 g/mol. The molecule has 0 radical (unpaired) electrons. The topological polar surface area (TPSA) is 82.6 Å². The number of likely N-dealkylation sites (tertiary alicyclic amines) is 1. The van der Waals surface area contributed by atoms with E-state index in [2.05, 4.69) is 34.6 Å². The van der Waals surface area contributed by atoms with Crippen molar-refractivity contribution in [2.24, 2.45) is 5.92 Å². The third-order valence-electron chi connectivity index (χ3n) is 7.40. The maximum Gasteiger partial charge on any atom is 0.254 e. The minimum absolute atomic E-state index is 0.0103. The number of rotatable bonds is 9. The van der Waals surface area contributed by atoms with Crippen LogP contribution in [0.15, 0.2) is 60.0 Å². The predicted octanol–water partition coefficient (Wildman–Crippen LogP) is 4.72. The van der Waals surface area contributed by atoms with E-state index in [1.807, 2.05) is 41.5 Å². The Labute approximate surface area is 227 Å². The molecule has 1 aliphatic carbocycles. The van der Waals surface area contributed by atoms with Crippen molar-refractivity contribution in [2.75, 3.05) is 25.0 Å². The van der Waals surface area contributed by atoms with E-state index in [9.17, 15) is 14.4 Å². The van der Waals surface area contributed by atoms with Crippen molar-refractivity contribution in [3.8, 4) is 0 Å². The molecule has 2 fully saturated rings. The SMILES string of the molecule is Cc1ccccc1C(=O)N(CC(=O)Nc1nc(CC(=O)N2CCC(Cc3ccccc3)CC2)cs1)C1CC1. The van der Waals surface area contributed by atoms with Crippen LogP contribution in [0.5, 0.6) is 0 Å². The molecule has 0 unspecified atom stereocenters. The summed E-state index contributed by atoms with van der Waals surface area (Å²) in [6.07, 6.45) is 5.15. The second-order valence-corrected chi connectivity index (χ2v) is 11.2. The number of nitrogens with zero attached hydrogens (tertiary/aromatic N) is 3. The summed E-state index contributed by atoms with van der Waals surface area (Å²) >= 11 is 1.31. The van der Waals surface area contributed by atoms with Crippen LogP contribution in [-0.2, 0) is 22.4 Å². The van der Waals surface area contributed by atoms with Crippen LogP contribution in [0, 0.1) is 12.8 Å². The van der Waals surface area contributed by atoms with E-state index in [0.29, 0.717) is 22.3 Å². The van der Waals surface area contributed by atoms with Crippen LogP contribution in [0.3, 0.4) is 0 Å². The molecule has 1 aromatic heterocycles. The molecular formula is C30H34N4O3S. The van der Waals surface area contributed by atoms with E-state index in [-0.39, 0.29) is 36.7 Å². The van der Waals surface area contributed by atoms with Gasteiger partial charge in [0.15, 0.2) is 5.13 Å². The van der Waals surface area contributed by atoms with Gasteiger partial charge in [0.05, 0.1) is 12.1 Å². The Morgan fingerprint density at radius 1 is 1.00 bits per heavy atom. The fourth-order valence-electron chi connectivity index (χ4n) is 5.08. The average Bonchev–Trinajstić information content (AvgIpc) is 3.68. The Morgan fingerprint density at radius 3 is 2.42 bits per heavy atom. The lowest BCUT2D eigenvalue weighted by Gasteiger charge is -2.32. The lowest BCUT2D eigenvalue weighted by molar-refractivity contribution is -0.131. The van der Waals surface area contributed by atoms with Gasteiger partial charge in [0.25, 0.3) is 5.91 Å². The van der Waals surface area contributed by atoms with E-state index in [1.54, 1.807) is 11.0 Å². The molecule has 3 amide bonds. The zero-order valence-corrected chi connectivity index (χ0v) is 22.6. The summed E-state index contributed by atoms with van der Waals surface area (Å²) in [5.41, 5.74) is 3.55. The number of nitrogens with one attached hydrogen (secondary N) is 1. The third kappa shape index (κ3) is 6.67. The number of anilines is 1. The summed E-state index contributed by atoms with van der Waals surface area (Å²) in [6, 6.07) is 18.1. The van der Waals surface area contributed by atoms with Gasteiger partial charge in [-0.2, -0.15) is 0 Å². The van der Waals surface area contributed by atoms with E-state index >= 15 is 0 Å². The molecule has 38 heavy (non-hydrogen) atoms. The summed E-state index contributed by atoms with van der Waals surface area (Å²) in [6.45, 7) is 3.44. The predicted molar refractivity (Wildman–Crippen MR) is 149 cm³/mol. The van der Waals surface area contributed by atoms with Gasteiger partial charge in [0, 0.05) is 30.1 Å². The smallest absolute Gasteiger partial charge is 0.254 e. The first-order valence-corrected chi connectivity index (χ1v) is 14.3. The fraction of sp³-hybridized carbons (Fsp3) is 0.400. The lowest BCUT2D eigenvalue weighted by Crippen LogP contribution is -2.40. The zero-order valence-electron chi connectivity index (χ0n) is 21.8. The molecule has 8 heteroatoms. The molecule has 3 aromatic rings. The Morgan fingerprint density at radius 2 is 1.71 bits per heavy atom. The maximum atomic E-state index is 13.1. The monoisotopic (exact) mass is 530 g/mol. The number of carbonyl (C=O) groups excluding carboxylic acids is 3. The van der Waals surface area contributed by atoms with Crippen LogP contribution in [-0.4, -0.2) is 58.2 Å². The summed E-state index contributed by atoms with van der Waals surface area (Å²) in [4.78, 5) is 46.9. The molecule has 7 nitrogen and oxygen atoms in total. The summed E-state index contributed by atoms with van der Waals surface area (Å²) in [5.74, 6) is 0.302. The second kappa shape index (κ2) is 11.9. The van der Waals surface area contributed by atoms with E-state index in [4.69, 9.17) is 0 Å². The highest BCUT2D eigenvalue weighted by Gasteiger charge is 2.35. The van der Waals surface area contributed by atoms with Crippen molar-refractivity contribution >= 4 is 34.2 Å². The van der Waals surface area contributed by atoms with Gasteiger partial charge in [-0.3, -0.25) is 14.4 Å². The minimum Gasteiger partial charge on any atom is -0.342 e. The van der Waals surface area contributed by atoms with Crippen molar-refractivity contribution in [1.82, 2.24) is 14.8 Å². The third-order valence-corrected chi connectivity index (χ3v) is 8.21. The Balaban J connectivity index is 1.10. The number of amides is 3. The molecule has 2 aromatic carbocycles. The van der Waals surface area contributed by atoms with Crippen molar-refractivity contribution in [1.29, 1.82) is 0 Å². The van der Waals surface area contributed by atoms with Crippen molar-refractivity contribution in [3.63, 3.8) is 0 Å². The van der Waals surface area contributed by atoms with Crippen LogP contribution >= 0.6 is 11.3 Å². The molecule has 1 saturated carbocycles. The molecule has 0 atom stereocenters. The number of thiazole rings is 1. The molecule has 0 spiro atoms. The number of hydrogen-bond acceptors (Lipinski definition) is 5. The number of carbonyl (C=O) groups is 3. The van der Waals surface area contributed by atoms with Gasteiger partial charge in [0.2, 0.25) is 11.8 Å². The Kier molecular flexibility index (Phi) is 8.17. The molecule has 2 heterocycles. The van der Waals surface area contributed by atoms with Gasteiger partial charge in [-0.05, 0) is 62.1 Å². The van der Waals surface area contributed by atoms with Crippen LogP contribution in [0.2, 0.25) is 0 Å². The summed E-state index contributed by atoms with van der Waals surface area (Å²) in [7, 11) is 0. The number of benzene rings is 2. The van der Waals surface area contributed by atoms with Crippen molar-refractivity contribution < 1.29 is 14.4 Å². The average molecular weight is 531 g/mol. The lowest BCUT2D eigenvalue weighted by atomic mass is 9.90. The molecule has 198 valence electrons. The minimum atomic E-state index is -0.272. The van der Waals surface area contributed by atoms with Crippen LogP contribution in [0.4, 0.5) is 5.13 Å². The van der Waals surface area contributed by atoms with Crippen molar-refractivity contribution in [3.05, 3.63) is 82.4 Å². The summed E-state index contributed by atoms with van der Waals surface area (Å²) in [5, 5.41) is 5.11. The van der Waals surface area contributed by atoms with Crippen LogP contribution < -0.4 is 5.32 Å². The maximum absolute atomic E-state index is 13.1. The zero-order chi connectivity index (χ0) is 26.5. The van der Waals surface area contributed by atoms with Gasteiger partial charge in [-0.15, -0.1) is 11.3 Å². The van der Waals surface area contributed by atoms with Crippen LogP contribution in [0.25, 0.3) is 0 Å². The van der Waals surface area contributed by atoms with Gasteiger partial charge in [0.1, 0.15) is 6.54 Å². The first-order chi connectivity index (χ1) is 18.5. The summed E-state index contributed by atoms with van der Waals surface area (Å²) < 4.78 is 0. The number of hydrogen-bond donors (Lipinski definition) is 1. The standard InChI is InChI=1S/C30H34N4O3S/c1-21-7-5-6-10-26(21)29(37)34(25-11-12-25)19-27(35)32-30-31-24(20-38-30)18-28(36)33-15-13-23(14-16-33)17-22-8-3-2-4-9-22/h2-10,20,23,25H,11-19H2,1H3,(H,31,32,35). The second-order valence-electron chi connectivity index (χ2n) is 10.4. The highest BCUT2D eigenvalue weighted by Crippen LogP contribution is 2.29. The Hall–Kier alpha value is -3.52. The van der Waals surface area contributed by atoms with Gasteiger partial charge >= 0.3 is 0 Å². The fourth-order valence-corrected chi connectivity index (χ4v) is 5.81. The highest BCUT2D eigenvalue weighted by atomic mass is 32.1. The van der Waals surface area contributed by atoms with Crippen molar-refractivity contribution in [2.45, 2.75) is 51.5 Å². The van der Waals surface area contributed by atoms with Crippen LogP contribution in [0.1, 0.15) is 52.9 Å². The van der Waals surface area contributed by atoms with Gasteiger partial charge in [-0.25, -0.2) is 4.98 Å². The molecule has 0 bridgehead atoms. The largest absolute Gasteiger partial charge is 0.342 e. The quantitative estimate of drug-likeness (QED) is 0.434. The first-order valence-electron chi connectivity index (χ1n) is 13.4. The van der Waals surface area contributed by atoms with E-state index in [1.165, 1.54) is 16.9 Å². The number of piperidine rings is 1. The van der Waals surface area contributed by atoms with E-state index < -0.39 is 0 Å². The molecule has 5 rings (SSSR count). The van der Waals surface area contributed by atoms with E-state index in [0.717, 1.165) is 50.8 Å².